The summed E-state index contributed by atoms with van der Waals surface area (Å²) in [5.41, 5.74) is -0.848. The van der Waals surface area contributed by atoms with E-state index in [-0.39, 0.29) is 54.1 Å². The van der Waals surface area contributed by atoms with E-state index < -0.39 is 23.2 Å². The first-order chi connectivity index (χ1) is 16.3. The highest BCUT2D eigenvalue weighted by molar-refractivity contribution is 6.30. The van der Waals surface area contributed by atoms with Crippen molar-refractivity contribution < 1.29 is 32.6 Å². The molecule has 0 bridgehead atoms. The van der Waals surface area contributed by atoms with Crippen LogP contribution in [0.3, 0.4) is 0 Å². The van der Waals surface area contributed by atoms with Gasteiger partial charge in [0.15, 0.2) is 11.3 Å². The normalized spacial score (nSPS) is 17.8. The Morgan fingerprint density at radius 3 is 2.76 bits per heavy atom. The van der Waals surface area contributed by atoms with Crippen LogP contribution in [-0.2, 0) is 16.1 Å². The zero-order valence-electron chi connectivity index (χ0n) is 18.9. The van der Waals surface area contributed by atoms with Crippen LogP contribution >= 0.6 is 11.6 Å². The molecule has 0 aliphatic carbocycles. The summed E-state index contributed by atoms with van der Waals surface area (Å²) in [4.78, 5) is 28.3. The van der Waals surface area contributed by atoms with Gasteiger partial charge in [0.1, 0.15) is 23.8 Å². The lowest BCUT2D eigenvalue weighted by atomic mass is 9.99. The Morgan fingerprint density at radius 1 is 1.26 bits per heavy atom. The lowest BCUT2D eigenvalue weighted by molar-refractivity contribution is -0.133. The van der Waals surface area contributed by atoms with E-state index in [9.17, 15) is 14.0 Å². The van der Waals surface area contributed by atoms with Crippen LogP contribution in [-0.4, -0.2) is 56.2 Å². The van der Waals surface area contributed by atoms with Gasteiger partial charge in [0.2, 0.25) is 11.7 Å². The molecule has 0 saturated heterocycles. The van der Waals surface area contributed by atoms with Gasteiger partial charge in [-0.3, -0.25) is 9.59 Å². The molecule has 0 fully saturated rings. The van der Waals surface area contributed by atoms with Crippen LogP contribution in [0.4, 0.5) is 4.39 Å². The topological polar surface area (TPSA) is 90.2 Å². The van der Waals surface area contributed by atoms with Gasteiger partial charge in [0, 0.05) is 20.2 Å². The number of fused-ring (bicyclic) bond motifs is 3. The first kappa shape index (κ1) is 23.8. The number of amides is 2. The molecule has 3 aromatic rings. The number of ether oxygens (including phenoxy) is 3. The number of furan rings is 1. The van der Waals surface area contributed by atoms with Crippen LogP contribution in [0, 0.1) is 5.82 Å². The molecule has 1 atom stereocenters. The van der Waals surface area contributed by atoms with Gasteiger partial charge < -0.3 is 28.8 Å². The maximum Gasteiger partial charge on any atom is 0.294 e. The number of hydrogen-bond donors (Lipinski definition) is 1. The number of para-hydroxylation sites is 1. The fourth-order valence-electron chi connectivity index (χ4n) is 3.95. The minimum Gasteiger partial charge on any atom is -0.496 e. The second-order valence-corrected chi connectivity index (χ2v) is 8.40. The van der Waals surface area contributed by atoms with Crippen molar-refractivity contribution >= 4 is 34.4 Å². The molecule has 0 radical (unpaired) electrons. The maximum absolute atomic E-state index is 14.6. The van der Waals surface area contributed by atoms with E-state index in [1.54, 1.807) is 31.2 Å². The number of carbonyl (C=O) groups excluding carboxylic acids is 2. The predicted molar refractivity (Wildman–Crippen MR) is 123 cm³/mol. The number of methoxy groups -OCH3 is 2. The summed E-state index contributed by atoms with van der Waals surface area (Å²) in [6.45, 7) is 1.51. The lowest BCUT2D eigenvalue weighted by Crippen LogP contribution is -2.61. The second-order valence-electron chi connectivity index (χ2n) is 7.99. The van der Waals surface area contributed by atoms with Crippen molar-refractivity contribution in [2.45, 2.75) is 19.0 Å². The summed E-state index contributed by atoms with van der Waals surface area (Å²) in [6.07, 6.45) is 0. The molecule has 0 spiro atoms. The van der Waals surface area contributed by atoms with E-state index in [1.807, 2.05) is 0 Å². The molecule has 2 amide bonds. The van der Waals surface area contributed by atoms with Crippen molar-refractivity contribution in [1.29, 1.82) is 0 Å². The average Bonchev–Trinajstić information content (AvgIpc) is 3.17. The molecule has 4 rings (SSSR count). The molecule has 1 aliphatic rings. The molecule has 1 aliphatic heterocycles. The van der Waals surface area contributed by atoms with E-state index in [1.165, 1.54) is 31.3 Å². The van der Waals surface area contributed by atoms with Crippen molar-refractivity contribution in [2.75, 3.05) is 34.0 Å². The number of nitrogens with one attached hydrogen (secondary N) is 1. The van der Waals surface area contributed by atoms with Crippen molar-refractivity contribution in [3.05, 3.63) is 58.6 Å². The number of nitrogens with zero attached hydrogens (tertiary/aromatic N) is 1. The van der Waals surface area contributed by atoms with Crippen LogP contribution in [0.5, 0.6) is 11.5 Å². The van der Waals surface area contributed by atoms with Crippen molar-refractivity contribution in [1.82, 2.24) is 10.2 Å². The SMILES string of the molecule is COCCN1C(=O)c2oc3ccccc3c2OCC1(C)C(=O)NCc1c(OC)ccc(Cl)c1F. The Balaban J connectivity index is 1.66. The number of carbonyl (C=O) groups is 2. The standard InChI is InChI=1S/C24H24ClFN2O6/c1-24(23(30)27-12-15-17(32-3)9-8-16(25)19(15)26)13-33-20-14-6-4-5-7-18(14)34-21(20)22(29)28(24)10-11-31-2/h4-9H,10-13H2,1-3H3,(H,27,30). The first-order valence-electron chi connectivity index (χ1n) is 10.6. The molecule has 1 N–H and O–H groups in total. The molecular formula is C24H24ClFN2O6. The van der Waals surface area contributed by atoms with Gasteiger partial charge in [-0.25, -0.2) is 4.39 Å². The van der Waals surface area contributed by atoms with E-state index in [0.29, 0.717) is 11.0 Å². The molecule has 2 heterocycles. The predicted octanol–water partition coefficient (Wildman–Crippen LogP) is 3.79. The Morgan fingerprint density at radius 2 is 2.03 bits per heavy atom. The third-order valence-electron chi connectivity index (χ3n) is 5.89. The zero-order valence-corrected chi connectivity index (χ0v) is 19.7. The van der Waals surface area contributed by atoms with Crippen molar-refractivity contribution in [2.24, 2.45) is 0 Å². The molecule has 10 heteroatoms. The van der Waals surface area contributed by atoms with E-state index in [4.69, 9.17) is 30.2 Å². The number of benzene rings is 2. The zero-order chi connectivity index (χ0) is 24.5. The van der Waals surface area contributed by atoms with Crippen LogP contribution in [0.25, 0.3) is 11.0 Å². The van der Waals surface area contributed by atoms with Gasteiger partial charge in [-0.2, -0.15) is 0 Å². The number of halogens is 2. The summed E-state index contributed by atoms with van der Waals surface area (Å²) in [6, 6.07) is 10.00. The summed E-state index contributed by atoms with van der Waals surface area (Å²) in [7, 11) is 2.89. The van der Waals surface area contributed by atoms with Crippen LogP contribution in [0.1, 0.15) is 23.0 Å². The molecule has 1 aromatic heterocycles. The van der Waals surface area contributed by atoms with Crippen molar-refractivity contribution in [3.8, 4) is 11.5 Å². The first-order valence-corrected chi connectivity index (χ1v) is 10.9. The Labute approximate surface area is 200 Å². The third-order valence-corrected chi connectivity index (χ3v) is 6.18. The Bertz CT molecular complexity index is 1250. The molecule has 8 nitrogen and oxygen atoms in total. The fraction of sp³-hybridized carbons (Fsp3) is 0.333. The van der Waals surface area contributed by atoms with Crippen LogP contribution < -0.4 is 14.8 Å². The van der Waals surface area contributed by atoms with E-state index >= 15 is 0 Å². The third kappa shape index (κ3) is 4.05. The van der Waals surface area contributed by atoms with Crippen molar-refractivity contribution in [3.63, 3.8) is 0 Å². The minimum atomic E-state index is -1.44. The fourth-order valence-corrected chi connectivity index (χ4v) is 4.13. The minimum absolute atomic E-state index is 0.0105. The highest BCUT2D eigenvalue weighted by Gasteiger charge is 2.47. The smallest absolute Gasteiger partial charge is 0.294 e. The molecule has 2 aromatic carbocycles. The van der Waals surface area contributed by atoms with Crippen LogP contribution in [0.2, 0.25) is 5.02 Å². The largest absolute Gasteiger partial charge is 0.496 e. The molecule has 1 unspecified atom stereocenters. The summed E-state index contributed by atoms with van der Waals surface area (Å²) in [5, 5.41) is 3.24. The summed E-state index contributed by atoms with van der Waals surface area (Å²) >= 11 is 5.90. The lowest BCUT2D eigenvalue weighted by Gasteiger charge is -2.37. The number of rotatable bonds is 7. The summed E-state index contributed by atoms with van der Waals surface area (Å²) in [5.74, 6) is -1.22. The van der Waals surface area contributed by atoms with Crippen LogP contribution in [0.15, 0.2) is 40.8 Å². The van der Waals surface area contributed by atoms with Gasteiger partial charge in [0.05, 0.1) is 29.7 Å². The highest BCUT2D eigenvalue weighted by Crippen LogP contribution is 2.38. The number of hydrogen-bond acceptors (Lipinski definition) is 6. The monoisotopic (exact) mass is 490 g/mol. The Kier molecular flexibility index (Phi) is 6.67. The maximum atomic E-state index is 14.6. The molecular weight excluding hydrogens is 467 g/mol. The molecule has 180 valence electrons. The van der Waals surface area contributed by atoms with Gasteiger partial charge in [-0.15, -0.1) is 0 Å². The van der Waals surface area contributed by atoms with Gasteiger partial charge in [-0.1, -0.05) is 23.7 Å². The summed E-state index contributed by atoms with van der Waals surface area (Å²) < 4.78 is 36.7. The quantitative estimate of drug-likeness (QED) is 0.542. The van der Waals surface area contributed by atoms with E-state index in [0.717, 1.165) is 0 Å². The van der Waals surface area contributed by atoms with Gasteiger partial charge in [-0.05, 0) is 31.2 Å². The van der Waals surface area contributed by atoms with E-state index in [2.05, 4.69) is 5.32 Å². The second kappa shape index (κ2) is 9.52. The highest BCUT2D eigenvalue weighted by atomic mass is 35.5. The molecule has 0 saturated carbocycles. The van der Waals surface area contributed by atoms with Gasteiger partial charge in [0.25, 0.3) is 5.91 Å². The average molecular weight is 491 g/mol. The Hall–Kier alpha value is -3.30. The van der Waals surface area contributed by atoms with Gasteiger partial charge >= 0.3 is 0 Å². The molecule has 34 heavy (non-hydrogen) atoms.